The molecule has 6 heteroatoms. The SMILES string of the molecule is Cc1ccccc1CC(=O)N1C[C@H](c2cn(C)cn2)[C@]2(CCN(CC3CC3)C2=O)C1. The molecule has 1 spiro atoms. The fraction of sp³-hybridized carbons (Fsp3) is 0.542. The molecule has 2 amide bonds. The van der Waals surface area contributed by atoms with Gasteiger partial charge in [0.05, 0.1) is 23.9 Å². The van der Waals surface area contributed by atoms with Gasteiger partial charge in [-0.05, 0) is 43.2 Å². The van der Waals surface area contributed by atoms with Gasteiger partial charge in [-0.3, -0.25) is 9.59 Å². The summed E-state index contributed by atoms with van der Waals surface area (Å²) in [7, 11) is 1.95. The normalized spacial score (nSPS) is 26.2. The van der Waals surface area contributed by atoms with Crippen molar-refractivity contribution in [2.75, 3.05) is 26.2 Å². The van der Waals surface area contributed by atoms with Gasteiger partial charge in [0.15, 0.2) is 0 Å². The number of carbonyl (C=O) groups is 2. The molecule has 3 fully saturated rings. The predicted molar refractivity (Wildman–Crippen MR) is 114 cm³/mol. The third kappa shape index (κ3) is 3.32. The minimum Gasteiger partial charge on any atom is -0.342 e. The first kappa shape index (κ1) is 19.3. The van der Waals surface area contributed by atoms with E-state index in [0.29, 0.717) is 25.4 Å². The van der Waals surface area contributed by atoms with E-state index in [1.165, 1.54) is 12.8 Å². The van der Waals surface area contributed by atoms with Gasteiger partial charge >= 0.3 is 0 Å². The Hall–Kier alpha value is -2.63. The third-order valence-corrected chi connectivity index (χ3v) is 7.30. The van der Waals surface area contributed by atoms with Crippen LogP contribution in [0.2, 0.25) is 0 Å². The Balaban J connectivity index is 1.41. The molecule has 3 heterocycles. The number of likely N-dealkylation sites (tertiary alicyclic amines) is 2. The molecular formula is C24H30N4O2. The summed E-state index contributed by atoms with van der Waals surface area (Å²) in [5.41, 5.74) is 2.61. The van der Waals surface area contributed by atoms with E-state index < -0.39 is 5.41 Å². The fourth-order valence-corrected chi connectivity index (χ4v) is 5.29. The maximum atomic E-state index is 13.6. The summed E-state index contributed by atoms with van der Waals surface area (Å²) in [6, 6.07) is 8.04. The number of imidazole rings is 1. The lowest BCUT2D eigenvalue weighted by molar-refractivity contribution is -0.137. The van der Waals surface area contributed by atoms with Gasteiger partial charge in [0.1, 0.15) is 0 Å². The molecule has 2 atom stereocenters. The fourth-order valence-electron chi connectivity index (χ4n) is 5.29. The summed E-state index contributed by atoms with van der Waals surface area (Å²) >= 11 is 0. The van der Waals surface area contributed by atoms with Crippen molar-refractivity contribution in [1.29, 1.82) is 0 Å². The minimum absolute atomic E-state index is 0.0313. The second-order valence-corrected chi connectivity index (χ2v) is 9.49. The quantitative estimate of drug-likeness (QED) is 0.767. The summed E-state index contributed by atoms with van der Waals surface area (Å²) < 4.78 is 1.93. The molecule has 2 aliphatic heterocycles. The van der Waals surface area contributed by atoms with Gasteiger partial charge < -0.3 is 14.4 Å². The molecule has 1 aliphatic carbocycles. The van der Waals surface area contributed by atoms with E-state index in [4.69, 9.17) is 0 Å². The summed E-state index contributed by atoms with van der Waals surface area (Å²) in [6.45, 7) is 4.82. The van der Waals surface area contributed by atoms with E-state index in [2.05, 4.69) is 9.88 Å². The van der Waals surface area contributed by atoms with Crippen molar-refractivity contribution >= 4 is 11.8 Å². The number of benzene rings is 1. The third-order valence-electron chi connectivity index (χ3n) is 7.30. The van der Waals surface area contributed by atoms with Crippen LogP contribution in [0.3, 0.4) is 0 Å². The maximum Gasteiger partial charge on any atom is 0.231 e. The van der Waals surface area contributed by atoms with Crippen LogP contribution in [0.1, 0.15) is 42.0 Å². The molecule has 1 aromatic carbocycles. The largest absolute Gasteiger partial charge is 0.342 e. The number of hydrogen-bond acceptors (Lipinski definition) is 3. The smallest absolute Gasteiger partial charge is 0.231 e. The monoisotopic (exact) mass is 406 g/mol. The van der Waals surface area contributed by atoms with Crippen LogP contribution in [0.15, 0.2) is 36.8 Å². The topological polar surface area (TPSA) is 58.4 Å². The molecule has 158 valence electrons. The first-order valence-electron chi connectivity index (χ1n) is 11.1. The lowest BCUT2D eigenvalue weighted by Gasteiger charge is -2.27. The number of hydrogen-bond donors (Lipinski definition) is 0. The van der Waals surface area contributed by atoms with Gasteiger partial charge in [-0.1, -0.05) is 24.3 Å². The van der Waals surface area contributed by atoms with Crippen molar-refractivity contribution in [3.05, 3.63) is 53.6 Å². The van der Waals surface area contributed by atoms with Crippen molar-refractivity contribution < 1.29 is 9.59 Å². The summed E-state index contributed by atoms with van der Waals surface area (Å²) in [4.78, 5) is 35.4. The van der Waals surface area contributed by atoms with Crippen molar-refractivity contribution in [1.82, 2.24) is 19.4 Å². The first-order chi connectivity index (χ1) is 14.5. The number of amides is 2. The Morgan fingerprint density at radius 3 is 2.77 bits per heavy atom. The zero-order valence-corrected chi connectivity index (χ0v) is 17.9. The van der Waals surface area contributed by atoms with Crippen LogP contribution in [0.25, 0.3) is 0 Å². The molecule has 0 bridgehead atoms. The number of aryl methyl sites for hydroxylation is 2. The molecule has 1 aromatic heterocycles. The minimum atomic E-state index is -0.523. The second-order valence-electron chi connectivity index (χ2n) is 9.49. The van der Waals surface area contributed by atoms with E-state index in [1.807, 2.05) is 53.9 Å². The molecule has 1 saturated carbocycles. The standard InChI is InChI=1S/C24H30N4O2/c1-17-5-3-4-6-19(17)11-22(29)28-13-20(21-14-26(2)16-25-21)24(15-28)9-10-27(23(24)30)12-18-7-8-18/h3-6,14,16,18,20H,7-13,15H2,1-2H3/t20-,24+/m1/s1. The van der Waals surface area contributed by atoms with Gasteiger partial charge in [0.2, 0.25) is 11.8 Å². The molecule has 6 nitrogen and oxygen atoms in total. The highest BCUT2D eigenvalue weighted by atomic mass is 16.2. The zero-order valence-electron chi connectivity index (χ0n) is 17.9. The van der Waals surface area contributed by atoms with E-state index in [1.54, 1.807) is 6.33 Å². The predicted octanol–water partition coefficient (Wildman–Crippen LogP) is 2.53. The highest BCUT2D eigenvalue weighted by molar-refractivity contribution is 5.89. The van der Waals surface area contributed by atoms with E-state index in [9.17, 15) is 9.59 Å². The van der Waals surface area contributed by atoms with Crippen LogP contribution in [0.4, 0.5) is 0 Å². The maximum absolute atomic E-state index is 13.6. The summed E-state index contributed by atoms with van der Waals surface area (Å²) in [5, 5.41) is 0. The van der Waals surface area contributed by atoms with E-state index in [0.717, 1.165) is 36.3 Å². The van der Waals surface area contributed by atoms with Crippen molar-refractivity contribution in [3.8, 4) is 0 Å². The van der Waals surface area contributed by atoms with Gasteiger partial charge in [-0.2, -0.15) is 0 Å². The van der Waals surface area contributed by atoms with Gasteiger partial charge in [0.25, 0.3) is 0 Å². The molecule has 2 saturated heterocycles. The Morgan fingerprint density at radius 2 is 2.07 bits per heavy atom. The highest BCUT2D eigenvalue weighted by Crippen LogP contribution is 2.50. The number of carbonyl (C=O) groups excluding carboxylic acids is 2. The Labute approximate surface area is 177 Å². The van der Waals surface area contributed by atoms with Crippen LogP contribution >= 0.6 is 0 Å². The molecule has 0 N–H and O–H groups in total. The van der Waals surface area contributed by atoms with Crippen LogP contribution in [0, 0.1) is 18.3 Å². The first-order valence-corrected chi connectivity index (χ1v) is 11.1. The second kappa shape index (κ2) is 7.25. The lowest BCUT2D eigenvalue weighted by Crippen LogP contribution is -2.41. The van der Waals surface area contributed by atoms with Crippen LogP contribution in [0.5, 0.6) is 0 Å². The number of rotatable bonds is 5. The lowest BCUT2D eigenvalue weighted by atomic mass is 9.75. The molecule has 30 heavy (non-hydrogen) atoms. The van der Waals surface area contributed by atoms with Crippen molar-refractivity contribution in [3.63, 3.8) is 0 Å². The number of nitrogens with zero attached hydrogens (tertiary/aromatic N) is 4. The Morgan fingerprint density at radius 1 is 1.27 bits per heavy atom. The molecular weight excluding hydrogens is 376 g/mol. The average Bonchev–Trinajstić information content (AvgIpc) is 3.18. The molecule has 2 aromatic rings. The van der Waals surface area contributed by atoms with Crippen LogP contribution < -0.4 is 0 Å². The van der Waals surface area contributed by atoms with Gasteiger partial charge in [-0.15, -0.1) is 0 Å². The van der Waals surface area contributed by atoms with Crippen LogP contribution in [-0.2, 0) is 23.1 Å². The van der Waals surface area contributed by atoms with Crippen molar-refractivity contribution in [2.24, 2.45) is 18.4 Å². The van der Waals surface area contributed by atoms with E-state index in [-0.39, 0.29) is 17.7 Å². The molecule has 3 aliphatic rings. The van der Waals surface area contributed by atoms with E-state index >= 15 is 0 Å². The van der Waals surface area contributed by atoms with Crippen LogP contribution in [-0.4, -0.2) is 57.3 Å². The van der Waals surface area contributed by atoms with Gasteiger partial charge in [-0.25, -0.2) is 4.98 Å². The Bertz CT molecular complexity index is 979. The molecule has 0 unspecified atom stereocenters. The van der Waals surface area contributed by atoms with Gasteiger partial charge in [0, 0.05) is 45.3 Å². The summed E-state index contributed by atoms with van der Waals surface area (Å²) in [6.07, 6.45) is 7.48. The summed E-state index contributed by atoms with van der Waals surface area (Å²) in [5.74, 6) is 0.987. The molecule has 0 radical (unpaired) electrons. The highest BCUT2D eigenvalue weighted by Gasteiger charge is 2.58. The Kier molecular flexibility index (Phi) is 4.68. The molecule has 5 rings (SSSR count). The van der Waals surface area contributed by atoms with Crippen molar-refractivity contribution in [2.45, 2.75) is 38.5 Å². The number of aromatic nitrogens is 2. The zero-order chi connectivity index (χ0) is 20.9. The average molecular weight is 407 g/mol.